The highest BCUT2D eigenvalue weighted by Crippen LogP contribution is 2.46. The van der Waals surface area contributed by atoms with Crippen molar-refractivity contribution in [3.63, 3.8) is 0 Å². The number of fused-ring (bicyclic) bond motifs is 7. The van der Waals surface area contributed by atoms with E-state index in [0.29, 0.717) is 0 Å². The third-order valence-electron chi connectivity index (χ3n) is 10.3. The average molecular weight is 662 g/mol. The van der Waals surface area contributed by atoms with E-state index < -0.39 is 0 Å². The van der Waals surface area contributed by atoms with Crippen molar-refractivity contribution in [2.75, 3.05) is 6.54 Å². The fourth-order valence-electron chi connectivity index (χ4n) is 7.97. The number of rotatable bonds is 4. The van der Waals surface area contributed by atoms with Crippen molar-refractivity contribution in [2.45, 2.75) is 25.7 Å². The Bertz CT molecular complexity index is 2690. The van der Waals surface area contributed by atoms with E-state index in [2.05, 4.69) is 156 Å². The number of nitrogens with zero attached hydrogens (tertiary/aromatic N) is 2. The number of aryl methyl sites for hydroxylation is 1. The summed E-state index contributed by atoms with van der Waals surface area (Å²) >= 11 is 1.83. The van der Waals surface area contributed by atoms with Crippen LogP contribution in [0.4, 0.5) is 5.00 Å². The van der Waals surface area contributed by atoms with Crippen LogP contribution in [0.1, 0.15) is 30.4 Å². The van der Waals surface area contributed by atoms with E-state index in [-0.39, 0.29) is 0 Å². The number of nitrogens with one attached hydrogen (secondary N) is 1. The van der Waals surface area contributed by atoms with Crippen LogP contribution in [-0.2, 0) is 6.42 Å². The van der Waals surface area contributed by atoms with Gasteiger partial charge in [-0.15, -0.1) is 11.3 Å². The van der Waals surface area contributed by atoms with Gasteiger partial charge in [-0.3, -0.25) is 0 Å². The molecule has 2 aliphatic heterocycles. The third-order valence-corrected chi connectivity index (χ3v) is 11.4. The van der Waals surface area contributed by atoms with Crippen LogP contribution in [0.3, 0.4) is 0 Å². The molecule has 0 unspecified atom stereocenters. The van der Waals surface area contributed by atoms with Gasteiger partial charge in [-0.1, -0.05) is 109 Å². The van der Waals surface area contributed by atoms with E-state index in [1.807, 2.05) is 11.3 Å². The second-order valence-corrected chi connectivity index (χ2v) is 14.4. The van der Waals surface area contributed by atoms with Crippen molar-refractivity contribution in [3.05, 3.63) is 162 Å². The lowest BCUT2D eigenvalue weighted by Crippen LogP contribution is -2.18. The maximum absolute atomic E-state index is 5.68. The molecule has 0 amide bonds. The molecule has 0 saturated heterocycles. The van der Waals surface area contributed by atoms with Gasteiger partial charge in [-0.25, -0.2) is 4.99 Å². The van der Waals surface area contributed by atoms with Crippen LogP contribution >= 0.6 is 11.3 Å². The maximum Gasteiger partial charge on any atom is 0.121 e. The highest BCUT2D eigenvalue weighted by atomic mass is 32.1. The normalized spacial score (nSPS) is 17.1. The number of para-hydroxylation sites is 1. The first-order chi connectivity index (χ1) is 24.8. The molecule has 0 bridgehead atoms. The van der Waals surface area contributed by atoms with Gasteiger partial charge >= 0.3 is 0 Å². The van der Waals surface area contributed by atoms with Gasteiger partial charge in [-0.2, -0.15) is 0 Å². The van der Waals surface area contributed by atoms with Crippen LogP contribution in [0.15, 0.2) is 156 Å². The summed E-state index contributed by atoms with van der Waals surface area (Å²) in [5.74, 6) is 0. The molecule has 10 rings (SSSR count). The van der Waals surface area contributed by atoms with E-state index in [1.165, 1.54) is 70.5 Å². The van der Waals surface area contributed by atoms with E-state index >= 15 is 0 Å². The first kappa shape index (κ1) is 29.2. The third kappa shape index (κ3) is 4.82. The zero-order chi connectivity index (χ0) is 33.0. The Labute approximate surface area is 295 Å². The van der Waals surface area contributed by atoms with Gasteiger partial charge in [0.05, 0.1) is 22.4 Å². The standard InChI is InChI=1S/C46H35N3S/c1-3-13-30(14-4-1)37-27-40-36-21-11-23-42(49-41-22-10-9-20-35(41)39-25-32-17-7-8-18-33(32)26-43(39)49)45(34-19-12-24-47-29-34)48-46(36)50-44(40)28-38(37)31-15-5-2-6-16-31/h2-3,5-10,12-20,22-23,25-29,47H,1,4,11,21,24H2/b42-23+,48-45?. The van der Waals surface area contributed by atoms with Crippen LogP contribution in [0.5, 0.6) is 0 Å². The van der Waals surface area contributed by atoms with Gasteiger partial charge in [-0.05, 0) is 100 Å². The van der Waals surface area contributed by atoms with Crippen LogP contribution in [0.25, 0.3) is 65.1 Å². The molecule has 2 aromatic heterocycles. The minimum Gasteiger partial charge on any atom is -0.387 e. The van der Waals surface area contributed by atoms with E-state index in [1.54, 1.807) is 0 Å². The average Bonchev–Trinajstić information content (AvgIpc) is 3.67. The van der Waals surface area contributed by atoms with Gasteiger partial charge in [0, 0.05) is 33.8 Å². The summed E-state index contributed by atoms with van der Waals surface area (Å²) in [6, 6.07) is 37.9. The lowest BCUT2D eigenvalue weighted by atomic mass is 9.90. The largest absolute Gasteiger partial charge is 0.387 e. The molecule has 240 valence electrons. The van der Waals surface area contributed by atoms with Crippen LogP contribution in [0.2, 0.25) is 0 Å². The zero-order valence-corrected chi connectivity index (χ0v) is 28.5. The molecule has 4 heterocycles. The second kappa shape index (κ2) is 12.0. The van der Waals surface area contributed by atoms with Crippen molar-refractivity contribution in [1.82, 2.24) is 9.88 Å². The minimum atomic E-state index is 0.820. The van der Waals surface area contributed by atoms with E-state index in [0.717, 1.165) is 54.2 Å². The summed E-state index contributed by atoms with van der Waals surface area (Å²) in [7, 11) is 0. The highest BCUT2D eigenvalue weighted by molar-refractivity contribution is 7.23. The summed E-state index contributed by atoms with van der Waals surface area (Å²) in [5, 5.41) is 10.9. The summed E-state index contributed by atoms with van der Waals surface area (Å²) in [5.41, 5.74) is 12.2. The fourth-order valence-corrected chi connectivity index (χ4v) is 9.12. The molecule has 7 aromatic rings. The van der Waals surface area contributed by atoms with Crippen LogP contribution < -0.4 is 5.32 Å². The lowest BCUT2D eigenvalue weighted by Gasteiger charge is -2.20. The number of thiophene rings is 1. The van der Waals surface area contributed by atoms with Crippen molar-refractivity contribution in [2.24, 2.45) is 4.99 Å². The van der Waals surface area contributed by atoms with E-state index in [4.69, 9.17) is 4.99 Å². The highest BCUT2D eigenvalue weighted by Gasteiger charge is 2.25. The molecule has 0 radical (unpaired) electrons. The Hall–Kier alpha value is -5.71. The van der Waals surface area contributed by atoms with Crippen molar-refractivity contribution in [1.29, 1.82) is 0 Å². The van der Waals surface area contributed by atoms with Crippen LogP contribution in [0, 0.1) is 0 Å². The number of benzene rings is 5. The second-order valence-electron chi connectivity index (χ2n) is 13.4. The molecule has 0 atom stereocenters. The predicted octanol–water partition coefficient (Wildman–Crippen LogP) is 12.2. The van der Waals surface area contributed by atoms with E-state index in [9.17, 15) is 0 Å². The van der Waals surface area contributed by atoms with Crippen molar-refractivity contribution >= 4 is 76.0 Å². The molecule has 3 nitrogen and oxygen atoms in total. The predicted molar refractivity (Wildman–Crippen MR) is 215 cm³/mol. The van der Waals surface area contributed by atoms with Crippen molar-refractivity contribution < 1.29 is 0 Å². The first-order valence-corrected chi connectivity index (χ1v) is 18.5. The number of allylic oxidation sites excluding steroid dienone is 8. The molecule has 1 N–H and O–H groups in total. The quantitative estimate of drug-likeness (QED) is 0.200. The summed E-state index contributed by atoms with van der Waals surface area (Å²) in [6.45, 7) is 0.820. The monoisotopic (exact) mass is 661 g/mol. The van der Waals surface area contributed by atoms with Crippen LogP contribution in [-0.4, -0.2) is 16.8 Å². The maximum atomic E-state index is 5.68. The molecule has 0 fully saturated rings. The fraction of sp³-hybridized carbons (Fsp3) is 0.109. The topological polar surface area (TPSA) is 29.3 Å². The summed E-state index contributed by atoms with van der Waals surface area (Å²) in [6.07, 6.45) is 20.0. The lowest BCUT2D eigenvalue weighted by molar-refractivity contribution is 0.964. The molecule has 4 heteroatoms. The molecule has 50 heavy (non-hydrogen) atoms. The number of hydrogen-bond acceptors (Lipinski definition) is 3. The minimum absolute atomic E-state index is 0.820. The molecule has 1 aliphatic carbocycles. The molecule has 5 aromatic carbocycles. The Morgan fingerprint density at radius 2 is 1.46 bits per heavy atom. The summed E-state index contributed by atoms with van der Waals surface area (Å²) < 4.78 is 3.75. The SMILES string of the molecule is C1=CC(c2cc3c4c(sc3cc2-c2ccccc2)N=C(C2=CNCC=C2)/C(n2c3ccccc3c3cc5ccccc5cc32)=C\CC4)=CCC1. The number of aliphatic imine (C=N–C) groups is 1. The van der Waals surface area contributed by atoms with Gasteiger partial charge < -0.3 is 9.88 Å². The van der Waals surface area contributed by atoms with Gasteiger partial charge in [0.15, 0.2) is 0 Å². The molecule has 3 aliphatic rings. The Balaban J connectivity index is 1.22. The number of dihydropyridines is 1. The smallest absolute Gasteiger partial charge is 0.121 e. The van der Waals surface area contributed by atoms with Gasteiger partial charge in [0.25, 0.3) is 0 Å². The zero-order valence-electron chi connectivity index (χ0n) is 27.7. The molecular weight excluding hydrogens is 627 g/mol. The molecule has 0 spiro atoms. The molecule has 0 saturated carbocycles. The Morgan fingerprint density at radius 1 is 0.640 bits per heavy atom. The van der Waals surface area contributed by atoms with Crippen molar-refractivity contribution in [3.8, 4) is 11.1 Å². The van der Waals surface area contributed by atoms with Gasteiger partial charge in [0.1, 0.15) is 5.00 Å². The van der Waals surface area contributed by atoms with Gasteiger partial charge in [0.2, 0.25) is 0 Å². The Kier molecular flexibility index (Phi) is 7.02. The number of hydrogen-bond donors (Lipinski definition) is 1. The Morgan fingerprint density at radius 3 is 2.30 bits per heavy atom. The first-order valence-electron chi connectivity index (χ1n) is 17.6. The summed E-state index contributed by atoms with van der Waals surface area (Å²) in [4.78, 5) is 5.68. The molecular formula is C46H35N3S. The number of aromatic nitrogens is 1.